The maximum absolute atomic E-state index is 13.1. The molecule has 2 heterocycles. The quantitative estimate of drug-likeness (QED) is 0.382. The molecule has 0 radical (unpaired) electrons. The average molecular weight is 520 g/mol. The first kappa shape index (κ1) is 24.4. The number of carbonyl (C=O) groups is 1. The molecule has 1 aliphatic rings. The fourth-order valence-corrected chi connectivity index (χ4v) is 7.28. The van der Waals surface area contributed by atoms with E-state index in [9.17, 15) is 13.2 Å². The molecule has 184 valence electrons. The first-order chi connectivity index (χ1) is 17.3. The molecule has 0 bridgehead atoms. The maximum atomic E-state index is 13.1. The van der Waals surface area contributed by atoms with Gasteiger partial charge in [0.15, 0.2) is 4.80 Å². The van der Waals surface area contributed by atoms with Crippen LogP contribution in [-0.2, 0) is 21.3 Å². The number of terminal acetylenes is 1. The van der Waals surface area contributed by atoms with Crippen molar-refractivity contribution >= 4 is 48.3 Å². The van der Waals surface area contributed by atoms with E-state index in [1.54, 1.807) is 0 Å². The van der Waals surface area contributed by atoms with Gasteiger partial charge in [-0.2, -0.15) is 9.30 Å². The summed E-state index contributed by atoms with van der Waals surface area (Å²) in [5.74, 6) is 2.18. The third kappa shape index (κ3) is 4.49. The Bertz CT molecular complexity index is 1670. The first-order valence-corrected chi connectivity index (χ1v) is 13.8. The number of hydrogen-bond acceptors (Lipinski definition) is 5. The number of carbonyl (C=O) groups excluding carboxylic acids is 1. The van der Waals surface area contributed by atoms with Crippen LogP contribution in [0.3, 0.4) is 0 Å². The lowest BCUT2D eigenvalue weighted by Gasteiger charge is -2.34. The molecule has 1 aliphatic heterocycles. The van der Waals surface area contributed by atoms with E-state index in [1.807, 2.05) is 54.8 Å². The van der Waals surface area contributed by atoms with E-state index in [0.29, 0.717) is 23.5 Å². The largest absolute Gasteiger partial charge is 0.373 e. The molecule has 0 unspecified atom stereocenters. The monoisotopic (exact) mass is 519 g/mol. The number of ether oxygens (including phenoxy) is 1. The van der Waals surface area contributed by atoms with Crippen molar-refractivity contribution in [1.29, 1.82) is 0 Å². The summed E-state index contributed by atoms with van der Waals surface area (Å²) in [5.41, 5.74) is 1.21. The summed E-state index contributed by atoms with van der Waals surface area (Å²) in [7, 11) is -3.69. The number of amides is 1. The van der Waals surface area contributed by atoms with Crippen LogP contribution in [-0.4, -0.2) is 48.5 Å². The molecule has 1 fully saturated rings. The van der Waals surface area contributed by atoms with E-state index in [0.717, 1.165) is 21.0 Å². The molecule has 5 rings (SSSR count). The van der Waals surface area contributed by atoms with E-state index in [1.165, 1.54) is 39.9 Å². The minimum Gasteiger partial charge on any atom is -0.373 e. The molecular formula is C27H25N3O4S2. The van der Waals surface area contributed by atoms with Gasteiger partial charge in [-0.3, -0.25) is 4.79 Å². The molecule has 1 amide bonds. The van der Waals surface area contributed by atoms with E-state index >= 15 is 0 Å². The molecule has 9 heteroatoms. The number of nitrogens with zero attached hydrogens (tertiary/aromatic N) is 3. The Morgan fingerprint density at radius 2 is 1.78 bits per heavy atom. The Kier molecular flexibility index (Phi) is 6.53. The topological polar surface area (TPSA) is 81.0 Å². The Labute approximate surface area is 213 Å². The lowest BCUT2D eigenvalue weighted by Crippen LogP contribution is -2.48. The fourth-order valence-electron chi connectivity index (χ4n) is 4.52. The first-order valence-electron chi connectivity index (χ1n) is 11.6. The van der Waals surface area contributed by atoms with Gasteiger partial charge in [-0.05, 0) is 49.6 Å². The van der Waals surface area contributed by atoms with Crippen molar-refractivity contribution in [1.82, 2.24) is 8.87 Å². The van der Waals surface area contributed by atoms with Crippen LogP contribution < -0.4 is 4.80 Å². The average Bonchev–Trinajstić information content (AvgIpc) is 3.21. The van der Waals surface area contributed by atoms with Crippen LogP contribution in [0, 0.1) is 12.3 Å². The Morgan fingerprint density at radius 1 is 1.08 bits per heavy atom. The molecule has 0 N–H and O–H groups in total. The summed E-state index contributed by atoms with van der Waals surface area (Å²) >= 11 is 1.41. The van der Waals surface area contributed by atoms with E-state index in [-0.39, 0.29) is 23.6 Å². The summed E-state index contributed by atoms with van der Waals surface area (Å²) in [6, 6.07) is 18.0. The number of thiazole rings is 1. The second-order valence-corrected chi connectivity index (χ2v) is 11.7. The van der Waals surface area contributed by atoms with Gasteiger partial charge in [0.1, 0.15) is 0 Å². The standard InChI is InChI=1S/C27H25N3O4S2/c1-4-15-30-24-14-11-20-7-5-6-8-23(20)25(24)35-27(30)28-26(31)21-9-12-22(13-10-21)36(32,33)29-16-18(2)34-19(3)17-29/h1,5-14,18-19H,15-17H2,2-3H3/t18-,19-/m0/s1. The van der Waals surface area contributed by atoms with Crippen LogP contribution in [0.25, 0.3) is 21.0 Å². The second kappa shape index (κ2) is 9.64. The van der Waals surface area contributed by atoms with Crippen LogP contribution in [0.2, 0.25) is 0 Å². The van der Waals surface area contributed by atoms with Crippen LogP contribution in [0.15, 0.2) is 70.6 Å². The third-order valence-electron chi connectivity index (χ3n) is 6.15. The fraction of sp³-hybridized carbons (Fsp3) is 0.259. The number of aromatic nitrogens is 1. The highest BCUT2D eigenvalue weighted by atomic mass is 32.2. The summed E-state index contributed by atoms with van der Waals surface area (Å²) in [6.45, 7) is 4.56. The zero-order valence-electron chi connectivity index (χ0n) is 19.9. The molecule has 4 aromatic rings. The van der Waals surface area contributed by atoms with Crippen molar-refractivity contribution < 1.29 is 17.9 Å². The van der Waals surface area contributed by atoms with Gasteiger partial charge in [0, 0.05) is 24.0 Å². The van der Waals surface area contributed by atoms with Gasteiger partial charge >= 0.3 is 0 Å². The Balaban J connectivity index is 1.49. The SMILES string of the molecule is C#CCn1c(=NC(=O)c2ccc(S(=O)(=O)N3C[C@H](C)O[C@@H](C)C3)cc2)sc2c3ccccc3ccc21. The zero-order chi connectivity index (χ0) is 25.4. The molecule has 36 heavy (non-hydrogen) atoms. The molecular weight excluding hydrogens is 494 g/mol. The predicted octanol–water partition coefficient (Wildman–Crippen LogP) is 4.03. The summed E-state index contributed by atoms with van der Waals surface area (Å²) in [6.07, 6.45) is 5.24. The number of fused-ring (bicyclic) bond motifs is 3. The van der Waals surface area contributed by atoms with Crippen molar-refractivity contribution in [3.8, 4) is 12.3 Å². The van der Waals surface area contributed by atoms with Gasteiger partial charge in [-0.15, -0.1) is 6.42 Å². The number of morpholine rings is 1. The van der Waals surface area contributed by atoms with Crippen molar-refractivity contribution in [2.75, 3.05) is 13.1 Å². The smallest absolute Gasteiger partial charge is 0.279 e. The van der Waals surface area contributed by atoms with E-state index < -0.39 is 15.9 Å². The number of rotatable bonds is 4. The normalized spacial score (nSPS) is 19.5. The van der Waals surface area contributed by atoms with Crippen LogP contribution in [0.5, 0.6) is 0 Å². The van der Waals surface area contributed by atoms with E-state index in [4.69, 9.17) is 11.2 Å². The lowest BCUT2D eigenvalue weighted by atomic mass is 10.1. The maximum Gasteiger partial charge on any atom is 0.279 e. The second-order valence-electron chi connectivity index (χ2n) is 8.83. The van der Waals surface area contributed by atoms with Crippen LogP contribution in [0.1, 0.15) is 24.2 Å². The summed E-state index contributed by atoms with van der Waals surface area (Å²) in [4.78, 5) is 18.1. The number of benzene rings is 3. The predicted molar refractivity (Wildman–Crippen MR) is 141 cm³/mol. The van der Waals surface area contributed by atoms with Crippen molar-refractivity contribution in [2.45, 2.75) is 37.5 Å². The summed E-state index contributed by atoms with van der Waals surface area (Å²) < 4.78 is 36.2. The minimum atomic E-state index is -3.69. The molecule has 3 aromatic carbocycles. The van der Waals surface area contributed by atoms with Crippen molar-refractivity contribution in [3.05, 3.63) is 71.0 Å². The van der Waals surface area contributed by atoms with Gasteiger partial charge in [-0.1, -0.05) is 47.6 Å². The molecule has 2 atom stereocenters. The Morgan fingerprint density at radius 3 is 2.47 bits per heavy atom. The lowest BCUT2D eigenvalue weighted by molar-refractivity contribution is -0.0440. The van der Waals surface area contributed by atoms with Gasteiger partial charge in [-0.25, -0.2) is 8.42 Å². The van der Waals surface area contributed by atoms with Crippen LogP contribution in [0.4, 0.5) is 0 Å². The Hall–Kier alpha value is -3.29. The zero-order valence-corrected chi connectivity index (χ0v) is 21.6. The van der Waals surface area contributed by atoms with Gasteiger partial charge in [0.25, 0.3) is 5.91 Å². The van der Waals surface area contributed by atoms with Gasteiger partial charge in [0.2, 0.25) is 10.0 Å². The molecule has 0 saturated carbocycles. The molecule has 1 aromatic heterocycles. The number of hydrogen-bond donors (Lipinski definition) is 0. The van der Waals surface area contributed by atoms with Gasteiger partial charge < -0.3 is 9.30 Å². The molecule has 0 spiro atoms. The third-order valence-corrected chi connectivity index (χ3v) is 9.12. The molecule has 7 nitrogen and oxygen atoms in total. The van der Waals surface area contributed by atoms with Crippen molar-refractivity contribution in [2.24, 2.45) is 4.99 Å². The van der Waals surface area contributed by atoms with E-state index in [2.05, 4.69) is 10.9 Å². The van der Waals surface area contributed by atoms with Crippen molar-refractivity contribution in [3.63, 3.8) is 0 Å². The number of sulfonamides is 1. The minimum absolute atomic E-state index is 0.135. The summed E-state index contributed by atoms with van der Waals surface area (Å²) in [5, 5.41) is 2.17. The highest BCUT2D eigenvalue weighted by Gasteiger charge is 2.32. The molecule has 0 aliphatic carbocycles. The van der Waals surface area contributed by atoms with Crippen LogP contribution >= 0.6 is 11.3 Å². The highest BCUT2D eigenvalue weighted by molar-refractivity contribution is 7.89. The van der Waals surface area contributed by atoms with Gasteiger partial charge in [0.05, 0.1) is 33.9 Å². The highest BCUT2D eigenvalue weighted by Crippen LogP contribution is 2.28. The molecule has 1 saturated heterocycles.